The van der Waals surface area contributed by atoms with Crippen LogP contribution in [-0.2, 0) is 6.54 Å². The van der Waals surface area contributed by atoms with Crippen LogP contribution in [0.2, 0.25) is 5.02 Å². The summed E-state index contributed by atoms with van der Waals surface area (Å²) in [5.41, 5.74) is 2.88. The van der Waals surface area contributed by atoms with Gasteiger partial charge < -0.3 is 20.4 Å². The Morgan fingerprint density at radius 1 is 1.21 bits per heavy atom. The first-order valence-corrected chi connectivity index (χ1v) is 9.53. The summed E-state index contributed by atoms with van der Waals surface area (Å²) in [5.74, 6) is -0.296. The molecule has 7 nitrogen and oxygen atoms in total. The van der Waals surface area contributed by atoms with E-state index in [1.807, 2.05) is 26.2 Å². The summed E-state index contributed by atoms with van der Waals surface area (Å²) >= 11 is 6.35. The number of amides is 1. The second-order valence-corrected chi connectivity index (χ2v) is 7.45. The molecule has 1 fully saturated rings. The van der Waals surface area contributed by atoms with Gasteiger partial charge in [-0.2, -0.15) is 0 Å². The van der Waals surface area contributed by atoms with Gasteiger partial charge in [-0.25, -0.2) is 0 Å². The van der Waals surface area contributed by atoms with Gasteiger partial charge in [0.05, 0.1) is 16.4 Å². The van der Waals surface area contributed by atoms with Crippen LogP contribution in [0.4, 0.5) is 17.1 Å². The van der Waals surface area contributed by atoms with Crippen LogP contribution in [0.3, 0.4) is 0 Å². The highest BCUT2D eigenvalue weighted by molar-refractivity contribution is 6.34. The normalized spacial score (nSPS) is 14.2. The molecule has 0 radical (unpaired) electrons. The summed E-state index contributed by atoms with van der Waals surface area (Å²) in [7, 11) is 3.98. The molecule has 0 spiro atoms. The highest BCUT2D eigenvalue weighted by Crippen LogP contribution is 2.37. The number of hydrogen-bond donors (Lipinski definition) is 2. The molecule has 2 N–H and O–H groups in total. The minimum absolute atomic E-state index is 0.112. The smallest absolute Gasteiger partial charge is 0.255 e. The van der Waals surface area contributed by atoms with Crippen LogP contribution >= 0.6 is 11.6 Å². The fourth-order valence-corrected chi connectivity index (χ4v) is 3.47. The van der Waals surface area contributed by atoms with Gasteiger partial charge in [-0.1, -0.05) is 23.7 Å². The molecular formula is C20H24ClN5O2. The van der Waals surface area contributed by atoms with Crippen molar-refractivity contribution < 1.29 is 4.79 Å². The van der Waals surface area contributed by atoms with Gasteiger partial charge in [0, 0.05) is 38.3 Å². The fraction of sp³-hybridized carbons (Fsp3) is 0.350. The molecule has 0 atom stereocenters. The number of benzene rings is 2. The Kier molecular flexibility index (Phi) is 6.61. The topological polar surface area (TPSA) is 77.0 Å². The lowest BCUT2D eigenvalue weighted by atomic mass is 10.1. The first kappa shape index (κ1) is 20.3. The Labute approximate surface area is 169 Å². The molecule has 0 aliphatic carbocycles. The van der Waals surface area contributed by atoms with Gasteiger partial charge in [-0.15, -0.1) is 4.91 Å². The number of nitroso groups, excluding NO2 is 1. The van der Waals surface area contributed by atoms with Crippen LogP contribution < -0.4 is 15.5 Å². The van der Waals surface area contributed by atoms with E-state index in [4.69, 9.17) is 11.6 Å². The molecule has 28 heavy (non-hydrogen) atoms. The Morgan fingerprint density at radius 2 is 1.89 bits per heavy atom. The third-order valence-corrected chi connectivity index (χ3v) is 4.89. The van der Waals surface area contributed by atoms with Gasteiger partial charge in [0.15, 0.2) is 0 Å². The maximum atomic E-state index is 12.7. The van der Waals surface area contributed by atoms with Crippen molar-refractivity contribution in [2.24, 2.45) is 5.18 Å². The maximum Gasteiger partial charge on any atom is 0.255 e. The molecule has 1 heterocycles. The fourth-order valence-electron chi connectivity index (χ4n) is 3.20. The Morgan fingerprint density at radius 3 is 2.50 bits per heavy atom. The van der Waals surface area contributed by atoms with E-state index >= 15 is 0 Å². The van der Waals surface area contributed by atoms with Crippen LogP contribution in [0.25, 0.3) is 0 Å². The van der Waals surface area contributed by atoms with Crippen molar-refractivity contribution in [2.75, 3.05) is 50.5 Å². The SMILES string of the molecule is CN(C)Cc1ccc(C(=O)Nc2cc(N3CCNCC3)c(Cl)cc2N=O)cc1. The molecule has 0 unspecified atom stereocenters. The number of nitrogens with zero attached hydrogens (tertiary/aromatic N) is 3. The van der Waals surface area contributed by atoms with Gasteiger partial charge in [0.2, 0.25) is 0 Å². The van der Waals surface area contributed by atoms with E-state index in [1.54, 1.807) is 18.2 Å². The summed E-state index contributed by atoms with van der Waals surface area (Å²) in [6, 6.07) is 10.6. The van der Waals surface area contributed by atoms with Crippen molar-refractivity contribution in [1.29, 1.82) is 0 Å². The van der Waals surface area contributed by atoms with Crippen molar-refractivity contribution in [3.05, 3.63) is 57.5 Å². The first-order valence-electron chi connectivity index (χ1n) is 9.15. The Balaban J connectivity index is 1.81. The second-order valence-electron chi connectivity index (χ2n) is 7.04. The van der Waals surface area contributed by atoms with Gasteiger partial charge in [0.25, 0.3) is 5.91 Å². The summed E-state index contributed by atoms with van der Waals surface area (Å²) in [4.78, 5) is 28.1. The van der Waals surface area contributed by atoms with E-state index in [2.05, 4.69) is 25.6 Å². The molecule has 1 aliphatic rings. The van der Waals surface area contributed by atoms with Crippen LogP contribution in [0.5, 0.6) is 0 Å². The minimum Gasteiger partial charge on any atom is -0.368 e. The second kappa shape index (κ2) is 9.14. The third kappa shape index (κ3) is 4.86. The molecule has 8 heteroatoms. The van der Waals surface area contributed by atoms with Crippen LogP contribution in [0, 0.1) is 4.91 Å². The Hall–Kier alpha value is -2.48. The van der Waals surface area contributed by atoms with Gasteiger partial charge in [-0.05, 0) is 49.1 Å². The van der Waals surface area contributed by atoms with Gasteiger partial charge >= 0.3 is 0 Å². The van der Waals surface area contributed by atoms with E-state index in [1.165, 1.54) is 6.07 Å². The third-order valence-electron chi connectivity index (χ3n) is 4.58. The number of piperazine rings is 1. The van der Waals surface area contributed by atoms with E-state index in [0.29, 0.717) is 16.3 Å². The molecule has 2 aromatic carbocycles. The molecule has 0 aromatic heterocycles. The zero-order chi connectivity index (χ0) is 20.1. The predicted octanol–water partition coefficient (Wildman–Crippen LogP) is 3.46. The van der Waals surface area contributed by atoms with Crippen LogP contribution in [-0.4, -0.2) is 51.1 Å². The quantitative estimate of drug-likeness (QED) is 0.725. The lowest BCUT2D eigenvalue weighted by molar-refractivity contribution is 0.102. The van der Waals surface area contributed by atoms with Crippen molar-refractivity contribution >= 4 is 34.6 Å². The van der Waals surface area contributed by atoms with Crippen molar-refractivity contribution in [2.45, 2.75) is 6.54 Å². The maximum absolute atomic E-state index is 12.7. The largest absolute Gasteiger partial charge is 0.368 e. The lowest BCUT2D eigenvalue weighted by Gasteiger charge is -2.30. The van der Waals surface area contributed by atoms with Gasteiger partial charge in [0.1, 0.15) is 5.69 Å². The standard InChI is InChI=1S/C20H24ClN5O2/c1-25(2)13-14-3-5-15(6-4-14)20(27)23-17-12-19(16(21)11-18(17)24-28)26-9-7-22-8-10-26/h3-6,11-12,22H,7-10,13H2,1-2H3,(H,23,27). The molecule has 148 valence electrons. The number of hydrogen-bond acceptors (Lipinski definition) is 6. The zero-order valence-corrected chi connectivity index (χ0v) is 16.8. The number of anilines is 2. The molecule has 3 rings (SSSR count). The number of rotatable bonds is 6. The van der Waals surface area contributed by atoms with Crippen molar-refractivity contribution in [3.63, 3.8) is 0 Å². The van der Waals surface area contributed by atoms with E-state index in [-0.39, 0.29) is 11.6 Å². The van der Waals surface area contributed by atoms with Crippen LogP contribution in [0.1, 0.15) is 15.9 Å². The van der Waals surface area contributed by atoms with Crippen molar-refractivity contribution in [3.8, 4) is 0 Å². The molecule has 0 bridgehead atoms. The van der Waals surface area contributed by atoms with E-state index in [0.717, 1.165) is 44.0 Å². The monoisotopic (exact) mass is 401 g/mol. The highest BCUT2D eigenvalue weighted by atomic mass is 35.5. The summed E-state index contributed by atoms with van der Waals surface area (Å²) in [6.45, 7) is 4.10. The lowest BCUT2D eigenvalue weighted by Crippen LogP contribution is -2.43. The molecule has 1 saturated heterocycles. The predicted molar refractivity (Wildman–Crippen MR) is 114 cm³/mol. The highest BCUT2D eigenvalue weighted by Gasteiger charge is 2.18. The molecular weight excluding hydrogens is 378 g/mol. The summed E-state index contributed by atoms with van der Waals surface area (Å²) in [5, 5.41) is 9.56. The van der Waals surface area contributed by atoms with E-state index < -0.39 is 0 Å². The molecule has 1 aliphatic heterocycles. The first-order chi connectivity index (χ1) is 13.5. The van der Waals surface area contributed by atoms with Gasteiger partial charge in [-0.3, -0.25) is 4.79 Å². The number of carbonyl (C=O) groups excluding carboxylic acids is 1. The summed E-state index contributed by atoms with van der Waals surface area (Å²) in [6.07, 6.45) is 0. The molecule has 0 saturated carbocycles. The average Bonchev–Trinajstić information content (AvgIpc) is 2.69. The molecule has 2 aromatic rings. The van der Waals surface area contributed by atoms with Crippen LogP contribution in [0.15, 0.2) is 41.6 Å². The number of nitrogens with one attached hydrogen (secondary N) is 2. The van der Waals surface area contributed by atoms with Crippen molar-refractivity contribution in [1.82, 2.24) is 10.2 Å². The average molecular weight is 402 g/mol. The summed E-state index contributed by atoms with van der Waals surface area (Å²) < 4.78 is 0. The zero-order valence-electron chi connectivity index (χ0n) is 16.0. The number of halogens is 1. The minimum atomic E-state index is -0.296. The number of carbonyl (C=O) groups is 1. The Bertz CT molecular complexity index is 848. The van der Waals surface area contributed by atoms with E-state index in [9.17, 15) is 9.70 Å². The molecule has 1 amide bonds.